The number of hydrogen-bond acceptors (Lipinski definition) is 6. The fourth-order valence-corrected chi connectivity index (χ4v) is 5.35. The monoisotopic (exact) mass is 522 g/mol. The number of hydrogen-bond donors (Lipinski definition) is 0. The van der Waals surface area contributed by atoms with Gasteiger partial charge in [-0.15, -0.1) is 0 Å². The maximum absolute atomic E-state index is 13.6. The largest absolute Gasteiger partial charge is 0.496 e. The van der Waals surface area contributed by atoms with Gasteiger partial charge < -0.3 is 9.47 Å². The molecule has 0 amide bonds. The topological polar surface area (TPSA) is 69.9 Å². The van der Waals surface area contributed by atoms with Gasteiger partial charge in [0, 0.05) is 20.6 Å². The van der Waals surface area contributed by atoms with Gasteiger partial charge in [0.05, 0.1) is 30.0 Å². The van der Waals surface area contributed by atoms with Gasteiger partial charge >= 0.3 is 5.97 Å². The molecule has 2 heterocycles. The zero-order valence-electron chi connectivity index (χ0n) is 17.7. The number of carbonyl (C=O) groups is 1. The van der Waals surface area contributed by atoms with Crippen LogP contribution in [0.15, 0.2) is 57.5 Å². The number of halogens is 3. The van der Waals surface area contributed by atoms with Gasteiger partial charge in [-0.25, -0.2) is 9.79 Å². The third kappa shape index (κ3) is 4.34. The van der Waals surface area contributed by atoms with Crippen LogP contribution in [0.25, 0.3) is 6.08 Å². The average molecular weight is 524 g/mol. The van der Waals surface area contributed by atoms with E-state index in [9.17, 15) is 9.59 Å². The molecule has 0 N–H and O–H groups in total. The SMILES string of the molecule is COC(=O)C1=C(C)N=c2s/c(=C\c3ccc(Cl)cc3Cl)c(=O)n2[C@H]1c1cc(Cl)ccc1OC. The molecule has 1 aromatic heterocycles. The number of methoxy groups -OCH3 is 2. The van der Waals surface area contributed by atoms with E-state index < -0.39 is 12.0 Å². The summed E-state index contributed by atoms with van der Waals surface area (Å²) in [5.41, 5.74) is 1.49. The summed E-state index contributed by atoms with van der Waals surface area (Å²) in [6, 6.07) is 9.20. The zero-order valence-corrected chi connectivity index (χ0v) is 20.8. The number of carbonyl (C=O) groups excluding carboxylic acids is 1. The van der Waals surface area contributed by atoms with Crippen molar-refractivity contribution >= 4 is 58.2 Å². The third-order valence-corrected chi connectivity index (χ3v) is 6.94. The number of nitrogens with zero attached hydrogens (tertiary/aromatic N) is 2. The molecule has 0 radical (unpaired) electrons. The number of allylic oxidation sites excluding steroid dienone is 1. The molecule has 0 saturated carbocycles. The highest BCUT2D eigenvalue weighted by molar-refractivity contribution is 7.07. The molecule has 0 aliphatic carbocycles. The molecule has 10 heteroatoms. The van der Waals surface area contributed by atoms with Crippen LogP contribution in [0.3, 0.4) is 0 Å². The fraction of sp³-hybridized carbons (Fsp3) is 0.174. The average Bonchev–Trinajstić information content (AvgIpc) is 3.08. The Balaban J connectivity index is 2.03. The highest BCUT2D eigenvalue weighted by Gasteiger charge is 2.35. The normalized spacial score (nSPS) is 15.8. The molecule has 33 heavy (non-hydrogen) atoms. The number of aromatic nitrogens is 1. The Morgan fingerprint density at radius 1 is 1.12 bits per heavy atom. The van der Waals surface area contributed by atoms with Crippen molar-refractivity contribution in [1.82, 2.24) is 4.57 Å². The first kappa shape index (κ1) is 23.6. The van der Waals surface area contributed by atoms with Crippen molar-refractivity contribution in [3.63, 3.8) is 0 Å². The lowest BCUT2D eigenvalue weighted by Gasteiger charge is -2.25. The Hall–Kier alpha value is -2.58. The number of rotatable bonds is 4. The fourth-order valence-electron chi connectivity index (χ4n) is 3.67. The first-order valence-electron chi connectivity index (χ1n) is 9.64. The Bertz CT molecular complexity index is 1490. The molecule has 0 fully saturated rings. The Kier molecular flexibility index (Phi) is 6.68. The van der Waals surface area contributed by atoms with Crippen molar-refractivity contribution in [3.05, 3.63) is 93.6 Å². The van der Waals surface area contributed by atoms with Gasteiger partial charge in [-0.3, -0.25) is 9.36 Å². The zero-order chi connectivity index (χ0) is 23.9. The van der Waals surface area contributed by atoms with Crippen molar-refractivity contribution in [2.24, 2.45) is 4.99 Å². The van der Waals surface area contributed by atoms with Crippen LogP contribution in [0.5, 0.6) is 5.75 Å². The highest BCUT2D eigenvalue weighted by Crippen LogP contribution is 2.37. The van der Waals surface area contributed by atoms with Crippen LogP contribution in [-0.2, 0) is 9.53 Å². The lowest BCUT2D eigenvalue weighted by Crippen LogP contribution is -2.40. The van der Waals surface area contributed by atoms with E-state index in [1.165, 1.54) is 30.1 Å². The van der Waals surface area contributed by atoms with Crippen molar-refractivity contribution in [2.75, 3.05) is 14.2 Å². The van der Waals surface area contributed by atoms with E-state index in [4.69, 9.17) is 44.3 Å². The second kappa shape index (κ2) is 9.35. The third-order valence-electron chi connectivity index (χ3n) is 5.16. The number of ether oxygens (including phenoxy) is 2. The molecular weight excluding hydrogens is 507 g/mol. The lowest BCUT2D eigenvalue weighted by molar-refractivity contribution is -0.136. The molecule has 0 spiro atoms. The molecule has 0 saturated heterocycles. The van der Waals surface area contributed by atoms with Crippen LogP contribution >= 0.6 is 46.1 Å². The van der Waals surface area contributed by atoms with Crippen LogP contribution < -0.4 is 19.6 Å². The van der Waals surface area contributed by atoms with Crippen LogP contribution in [0.4, 0.5) is 0 Å². The number of thiazole rings is 1. The summed E-state index contributed by atoms with van der Waals surface area (Å²) in [5.74, 6) is -0.130. The Labute approximate surface area is 208 Å². The predicted octanol–water partition coefficient (Wildman–Crippen LogP) is 4.38. The van der Waals surface area contributed by atoms with E-state index in [1.54, 1.807) is 49.4 Å². The van der Waals surface area contributed by atoms with E-state index in [-0.39, 0.29) is 11.1 Å². The number of esters is 1. The highest BCUT2D eigenvalue weighted by atomic mass is 35.5. The lowest BCUT2D eigenvalue weighted by atomic mass is 9.95. The van der Waals surface area contributed by atoms with E-state index in [0.717, 1.165) is 0 Å². The summed E-state index contributed by atoms with van der Waals surface area (Å²) in [7, 11) is 2.79. The van der Waals surface area contributed by atoms with Crippen LogP contribution in [0, 0.1) is 0 Å². The van der Waals surface area contributed by atoms with Crippen LogP contribution in [0.1, 0.15) is 24.1 Å². The Morgan fingerprint density at radius 3 is 2.48 bits per heavy atom. The van der Waals surface area contributed by atoms with Gasteiger partial charge in [-0.2, -0.15) is 0 Å². The van der Waals surface area contributed by atoms with E-state index in [2.05, 4.69) is 4.99 Å². The minimum absolute atomic E-state index is 0.224. The van der Waals surface area contributed by atoms with Crippen molar-refractivity contribution in [2.45, 2.75) is 13.0 Å². The number of benzene rings is 2. The first-order chi connectivity index (χ1) is 15.7. The summed E-state index contributed by atoms with van der Waals surface area (Å²) in [6.07, 6.45) is 1.67. The van der Waals surface area contributed by atoms with Gasteiger partial charge in [0.25, 0.3) is 5.56 Å². The van der Waals surface area contributed by atoms with E-state index in [0.29, 0.717) is 47.0 Å². The Morgan fingerprint density at radius 2 is 1.82 bits per heavy atom. The minimum Gasteiger partial charge on any atom is -0.496 e. The van der Waals surface area contributed by atoms with Crippen molar-refractivity contribution < 1.29 is 14.3 Å². The molecule has 0 unspecified atom stereocenters. The maximum Gasteiger partial charge on any atom is 0.338 e. The van der Waals surface area contributed by atoms with Gasteiger partial charge in [-0.1, -0.05) is 52.2 Å². The van der Waals surface area contributed by atoms with Gasteiger partial charge in [0.15, 0.2) is 4.80 Å². The van der Waals surface area contributed by atoms with E-state index >= 15 is 0 Å². The molecular formula is C23H17Cl3N2O4S. The quantitative estimate of drug-likeness (QED) is 0.476. The molecule has 0 bridgehead atoms. The summed E-state index contributed by atoms with van der Waals surface area (Å²) >= 11 is 19.8. The van der Waals surface area contributed by atoms with Gasteiger partial charge in [0.2, 0.25) is 0 Å². The molecule has 3 aromatic rings. The first-order valence-corrected chi connectivity index (χ1v) is 11.6. The summed E-state index contributed by atoms with van der Waals surface area (Å²) < 4.78 is 12.4. The van der Waals surface area contributed by atoms with Gasteiger partial charge in [-0.05, 0) is 48.9 Å². The number of fused-ring (bicyclic) bond motifs is 1. The summed E-state index contributed by atoms with van der Waals surface area (Å²) in [6.45, 7) is 1.70. The van der Waals surface area contributed by atoms with Crippen LogP contribution in [-0.4, -0.2) is 24.8 Å². The second-order valence-corrected chi connectivity index (χ2v) is 9.41. The standard InChI is InChI=1S/C23H17Cl3N2O4S/c1-11-19(22(30)32-3)20(15-9-13(24)6-7-17(15)31-2)28-21(29)18(33-23(28)27-11)8-12-4-5-14(25)10-16(12)26/h4-10,20H,1-3H3/b18-8-/t20-/m0/s1. The molecule has 2 aromatic carbocycles. The maximum atomic E-state index is 13.6. The summed E-state index contributed by atoms with van der Waals surface area (Å²) in [4.78, 5) is 31.3. The molecule has 4 rings (SSSR count). The molecule has 170 valence electrons. The van der Waals surface area contributed by atoms with Crippen molar-refractivity contribution in [1.29, 1.82) is 0 Å². The van der Waals surface area contributed by atoms with Crippen LogP contribution in [0.2, 0.25) is 15.1 Å². The predicted molar refractivity (Wildman–Crippen MR) is 130 cm³/mol. The van der Waals surface area contributed by atoms with E-state index in [1.807, 2.05) is 0 Å². The van der Waals surface area contributed by atoms with Gasteiger partial charge in [0.1, 0.15) is 11.8 Å². The second-order valence-electron chi connectivity index (χ2n) is 7.13. The minimum atomic E-state index is -0.842. The molecule has 1 aliphatic rings. The molecule has 1 atom stereocenters. The smallest absolute Gasteiger partial charge is 0.338 e. The molecule has 1 aliphatic heterocycles. The molecule has 6 nitrogen and oxygen atoms in total. The summed E-state index contributed by atoms with van der Waals surface area (Å²) in [5, 5.41) is 1.33. The van der Waals surface area contributed by atoms with Crippen molar-refractivity contribution in [3.8, 4) is 5.75 Å².